The monoisotopic (exact) mass is 593 g/mol. The molecule has 1 aliphatic rings. The highest BCUT2D eigenvalue weighted by Gasteiger charge is 2.25. The van der Waals surface area contributed by atoms with Crippen molar-refractivity contribution in [2.45, 2.75) is 37.8 Å². The van der Waals surface area contributed by atoms with Gasteiger partial charge in [-0.3, -0.25) is 4.79 Å². The number of aromatic nitrogens is 2. The lowest BCUT2D eigenvalue weighted by atomic mass is 9.91. The summed E-state index contributed by atoms with van der Waals surface area (Å²) in [6.45, 7) is 0. The molecule has 1 saturated carbocycles. The van der Waals surface area contributed by atoms with Crippen molar-refractivity contribution in [3.63, 3.8) is 0 Å². The predicted molar refractivity (Wildman–Crippen MR) is 156 cm³/mol. The number of amides is 3. The quantitative estimate of drug-likeness (QED) is 0.226. The maximum atomic E-state index is 13.3. The van der Waals surface area contributed by atoms with Gasteiger partial charge in [0.25, 0.3) is 5.91 Å². The van der Waals surface area contributed by atoms with Gasteiger partial charge in [-0.15, -0.1) is 0 Å². The molecular formula is C30H29ClFN5O5. The van der Waals surface area contributed by atoms with Crippen molar-refractivity contribution in [3.8, 4) is 23.1 Å². The van der Waals surface area contributed by atoms with Gasteiger partial charge in [-0.05, 0) is 62.1 Å². The minimum Gasteiger partial charge on any atom is -0.493 e. The van der Waals surface area contributed by atoms with E-state index in [2.05, 4.69) is 25.9 Å². The lowest BCUT2D eigenvalue weighted by molar-refractivity contribution is 0.0924. The molecule has 3 N–H and O–H groups in total. The van der Waals surface area contributed by atoms with Gasteiger partial charge in [0.05, 0.1) is 35.7 Å². The second kappa shape index (κ2) is 12.9. The Labute approximate surface area is 246 Å². The van der Waals surface area contributed by atoms with Gasteiger partial charge >= 0.3 is 6.03 Å². The van der Waals surface area contributed by atoms with Gasteiger partial charge < -0.3 is 30.2 Å². The third-order valence-electron chi connectivity index (χ3n) is 6.98. The zero-order chi connectivity index (χ0) is 29.6. The number of ether oxygens (including phenoxy) is 3. The van der Waals surface area contributed by atoms with Crippen molar-refractivity contribution >= 4 is 40.1 Å². The van der Waals surface area contributed by atoms with Gasteiger partial charge in [0.1, 0.15) is 17.9 Å². The number of carbonyl (C=O) groups is 2. The molecule has 1 fully saturated rings. The van der Waals surface area contributed by atoms with Gasteiger partial charge in [0.15, 0.2) is 11.5 Å². The number of carbonyl (C=O) groups excluding carboxylic acids is 2. The fourth-order valence-electron chi connectivity index (χ4n) is 4.86. The number of nitrogens with one attached hydrogen (secondary N) is 3. The lowest BCUT2D eigenvalue weighted by Crippen LogP contribution is -2.45. The van der Waals surface area contributed by atoms with Gasteiger partial charge in [0, 0.05) is 29.9 Å². The van der Waals surface area contributed by atoms with E-state index in [9.17, 15) is 14.0 Å². The summed E-state index contributed by atoms with van der Waals surface area (Å²) in [6, 6.07) is 13.7. The van der Waals surface area contributed by atoms with Gasteiger partial charge in [0.2, 0.25) is 5.88 Å². The van der Waals surface area contributed by atoms with E-state index in [0.29, 0.717) is 65.4 Å². The van der Waals surface area contributed by atoms with Crippen molar-refractivity contribution in [1.29, 1.82) is 0 Å². The molecule has 0 spiro atoms. The molecule has 4 aromatic rings. The van der Waals surface area contributed by atoms with Gasteiger partial charge in [-0.2, -0.15) is 0 Å². The van der Waals surface area contributed by atoms with Crippen molar-refractivity contribution in [2.24, 2.45) is 0 Å². The fraction of sp³-hybridized carbons (Fsp3) is 0.267. The van der Waals surface area contributed by atoms with E-state index < -0.39 is 5.82 Å². The summed E-state index contributed by atoms with van der Waals surface area (Å²) in [7, 11) is 3.10. The van der Waals surface area contributed by atoms with Gasteiger partial charge in [-0.1, -0.05) is 17.7 Å². The first kappa shape index (κ1) is 28.9. The molecule has 42 heavy (non-hydrogen) atoms. The molecule has 0 atom stereocenters. The van der Waals surface area contributed by atoms with Crippen molar-refractivity contribution in [1.82, 2.24) is 20.6 Å². The number of urea groups is 1. The molecule has 218 valence electrons. The Kier molecular flexibility index (Phi) is 8.87. The van der Waals surface area contributed by atoms with E-state index in [0.717, 1.165) is 6.07 Å². The Morgan fingerprint density at radius 3 is 2.33 bits per heavy atom. The highest BCUT2D eigenvalue weighted by molar-refractivity contribution is 6.33. The zero-order valence-corrected chi connectivity index (χ0v) is 23.7. The third kappa shape index (κ3) is 6.80. The number of halogens is 2. The second-order valence-electron chi connectivity index (χ2n) is 9.78. The Bertz CT molecular complexity index is 1610. The van der Waals surface area contributed by atoms with E-state index in [1.807, 2.05) is 0 Å². The number of anilines is 1. The summed E-state index contributed by atoms with van der Waals surface area (Å²) >= 11 is 6.01. The first-order chi connectivity index (χ1) is 20.3. The first-order valence-electron chi connectivity index (χ1n) is 13.3. The average molecular weight is 594 g/mol. The largest absolute Gasteiger partial charge is 0.493 e. The molecule has 1 aromatic heterocycles. The van der Waals surface area contributed by atoms with E-state index in [4.69, 9.17) is 25.8 Å². The summed E-state index contributed by atoms with van der Waals surface area (Å²) in [5.41, 5.74) is 1.40. The fourth-order valence-corrected chi connectivity index (χ4v) is 5.11. The number of rotatable bonds is 8. The highest BCUT2D eigenvalue weighted by Crippen LogP contribution is 2.36. The van der Waals surface area contributed by atoms with Crippen LogP contribution >= 0.6 is 11.6 Å². The van der Waals surface area contributed by atoms with Crippen molar-refractivity contribution < 1.29 is 28.2 Å². The summed E-state index contributed by atoms with van der Waals surface area (Å²) < 4.78 is 30.1. The summed E-state index contributed by atoms with van der Waals surface area (Å²) in [6.07, 6.45) is 4.14. The third-order valence-corrected chi connectivity index (χ3v) is 7.30. The minimum absolute atomic E-state index is 0.0497. The molecule has 3 amide bonds. The number of methoxy groups -OCH3 is 2. The SMILES string of the molecule is COc1cc2ncnc(Oc3cccc(NC(=O)NC4CCC(NC(=O)c5ccc(F)cc5Cl)CC4)c3)c2cc1OC. The molecule has 10 nitrogen and oxygen atoms in total. The molecule has 1 aliphatic carbocycles. The van der Waals surface area contributed by atoms with Crippen molar-refractivity contribution in [2.75, 3.05) is 19.5 Å². The van der Waals surface area contributed by atoms with Crippen LogP contribution in [-0.4, -0.2) is 48.2 Å². The van der Waals surface area contributed by atoms with Crippen LogP contribution in [0.25, 0.3) is 10.9 Å². The normalized spacial score (nSPS) is 16.4. The molecule has 0 unspecified atom stereocenters. The molecule has 0 radical (unpaired) electrons. The molecule has 0 saturated heterocycles. The first-order valence-corrected chi connectivity index (χ1v) is 13.7. The van der Waals surface area contributed by atoms with E-state index in [-0.39, 0.29) is 34.6 Å². The molecule has 5 rings (SSSR count). The summed E-state index contributed by atoms with van der Waals surface area (Å²) in [4.78, 5) is 33.8. The molecule has 1 heterocycles. The van der Waals surface area contributed by atoms with Crippen LogP contribution in [0.15, 0.2) is 60.9 Å². The van der Waals surface area contributed by atoms with Gasteiger partial charge in [-0.25, -0.2) is 19.2 Å². The Morgan fingerprint density at radius 1 is 0.905 bits per heavy atom. The number of nitrogens with zero attached hydrogens (tertiary/aromatic N) is 2. The van der Waals surface area contributed by atoms with E-state index >= 15 is 0 Å². The Hall–Kier alpha value is -4.64. The topological polar surface area (TPSA) is 124 Å². The van der Waals surface area contributed by atoms with Crippen LogP contribution in [-0.2, 0) is 0 Å². The van der Waals surface area contributed by atoms with Crippen LogP contribution in [0.1, 0.15) is 36.0 Å². The zero-order valence-electron chi connectivity index (χ0n) is 22.9. The number of hydrogen-bond donors (Lipinski definition) is 3. The highest BCUT2D eigenvalue weighted by atomic mass is 35.5. The number of benzene rings is 3. The number of hydrogen-bond acceptors (Lipinski definition) is 7. The van der Waals surface area contributed by atoms with Crippen LogP contribution in [0.5, 0.6) is 23.1 Å². The molecular weight excluding hydrogens is 565 g/mol. The molecule has 0 aliphatic heterocycles. The van der Waals surface area contributed by atoms with E-state index in [1.54, 1.807) is 50.6 Å². The molecule has 0 bridgehead atoms. The van der Waals surface area contributed by atoms with Crippen LogP contribution in [0.3, 0.4) is 0 Å². The maximum Gasteiger partial charge on any atom is 0.319 e. The van der Waals surface area contributed by atoms with Crippen LogP contribution in [0.2, 0.25) is 5.02 Å². The maximum absolute atomic E-state index is 13.3. The average Bonchev–Trinajstić information content (AvgIpc) is 2.97. The molecule has 3 aromatic carbocycles. The van der Waals surface area contributed by atoms with Crippen LogP contribution < -0.4 is 30.2 Å². The predicted octanol–water partition coefficient (Wildman–Crippen LogP) is 6.09. The second-order valence-corrected chi connectivity index (χ2v) is 10.2. The smallest absolute Gasteiger partial charge is 0.319 e. The summed E-state index contributed by atoms with van der Waals surface area (Å²) in [5.74, 6) is 1.02. The van der Waals surface area contributed by atoms with Crippen LogP contribution in [0, 0.1) is 5.82 Å². The van der Waals surface area contributed by atoms with E-state index in [1.165, 1.54) is 18.5 Å². The lowest BCUT2D eigenvalue weighted by Gasteiger charge is -2.29. The summed E-state index contributed by atoms with van der Waals surface area (Å²) in [5, 5.41) is 9.50. The Balaban J connectivity index is 1.15. The number of fused-ring (bicyclic) bond motifs is 1. The van der Waals surface area contributed by atoms with Crippen molar-refractivity contribution in [3.05, 3.63) is 77.3 Å². The Morgan fingerprint density at radius 2 is 1.62 bits per heavy atom. The standard InChI is InChI=1S/C30H29ClFN5O5/c1-40-26-14-23-25(15-27(26)41-2)33-16-34-29(23)42-21-5-3-4-20(13-21)37-30(39)36-19-9-7-18(8-10-19)35-28(38)22-11-6-17(32)12-24(22)31/h3-6,11-16,18-19H,7-10H2,1-2H3,(H,35,38)(H2,36,37,39). The van der Waals surface area contributed by atoms with Crippen LogP contribution in [0.4, 0.5) is 14.9 Å². The molecule has 12 heteroatoms. The minimum atomic E-state index is -0.498.